The van der Waals surface area contributed by atoms with E-state index in [4.69, 9.17) is 6.42 Å². The molecule has 0 radical (unpaired) electrons. The minimum Gasteiger partial charge on any atom is -0.323 e. The first kappa shape index (κ1) is 16.5. The van der Waals surface area contributed by atoms with Crippen LogP contribution in [0.5, 0.6) is 0 Å². The topological polar surface area (TPSA) is 0 Å². The van der Waals surface area contributed by atoms with Gasteiger partial charge in [0.25, 0.3) is 0 Å². The van der Waals surface area contributed by atoms with Gasteiger partial charge in [0.1, 0.15) is 0 Å². The van der Waals surface area contributed by atoms with Crippen LogP contribution in [0.3, 0.4) is 0 Å². The van der Waals surface area contributed by atoms with Crippen molar-refractivity contribution < 1.29 is 4.48 Å². The van der Waals surface area contributed by atoms with Crippen LogP contribution in [-0.4, -0.2) is 30.7 Å². The van der Waals surface area contributed by atoms with Gasteiger partial charge in [-0.05, 0) is 19.3 Å². The summed E-state index contributed by atoms with van der Waals surface area (Å²) in [6.07, 6.45) is 14.3. The van der Waals surface area contributed by atoms with E-state index in [-0.39, 0.29) is 0 Å². The molecule has 1 heteroatoms. The SMILES string of the molecule is C#CCC[N+](CCCC)(CCCC)CCCC. The first-order valence-electron chi connectivity index (χ1n) is 7.53. The molecule has 0 aromatic rings. The molecule has 0 aromatic heterocycles. The van der Waals surface area contributed by atoms with Gasteiger partial charge >= 0.3 is 0 Å². The molecule has 0 saturated carbocycles. The third kappa shape index (κ3) is 7.45. The van der Waals surface area contributed by atoms with E-state index in [9.17, 15) is 0 Å². The molecule has 0 bridgehead atoms. The van der Waals surface area contributed by atoms with Gasteiger partial charge < -0.3 is 4.48 Å². The lowest BCUT2D eigenvalue weighted by Crippen LogP contribution is -2.50. The Morgan fingerprint density at radius 3 is 1.47 bits per heavy atom. The molecule has 0 unspecified atom stereocenters. The summed E-state index contributed by atoms with van der Waals surface area (Å²) in [6.45, 7) is 12.0. The maximum Gasteiger partial charge on any atom is 0.0897 e. The highest BCUT2D eigenvalue weighted by atomic mass is 15.3. The average molecular weight is 238 g/mol. The van der Waals surface area contributed by atoms with Crippen molar-refractivity contribution in [1.82, 2.24) is 0 Å². The van der Waals surface area contributed by atoms with Gasteiger partial charge in [0.2, 0.25) is 0 Å². The minimum absolute atomic E-state index is 0.942. The van der Waals surface area contributed by atoms with Gasteiger partial charge in [0.05, 0.1) is 32.6 Å². The fourth-order valence-electron chi connectivity index (χ4n) is 2.45. The molecule has 1 nitrogen and oxygen atoms in total. The van der Waals surface area contributed by atoms with Crippen molar-refractivity contribution in [2.24, 2.45) is 0 Å². The molecule has 0 atom stereocenters. The zero-order chi connectivity index (χ0) is 13.0. The predicted molar refractivity (Wildman–Crippen MR) is 77.9 cm³/mol. The second-order valence-electron chi connectivity index (χ2n) is 5.25. The molecule has 17 heavy (non-hydrogen) atoms. The summed E-state index contributed by atoms with van der Waals surface area (Å²) in [5.41, 5.74) is 0. The van der Waals surface area contributed by atoms with Crippen LogP contribution in [0.1, 0.15) is 65.7 Å². The number of quaternary nitrogens is 1. The lowest BCUT2D eigenvalue weighted by Gasteiger charge is -2.39. The Morgan fingerprint density at radius 2 is 1.18 bits per heavy atom. The number of unbranched alkanes of at least 4 members (excludes halogenated alkanes) is 3. The summed E-state index contributed by atoms with van der Waals surface area (Å²) in [7, 11) is 0. The Morgan fingerprint density at radius 1 is 0.765 bits per heavy atom. The highest BCUT2D eigenvalue weighted by Gasteiger charge is 2.24. The predicted octanol–water partition coefficient (Wildman–Crippen LogP) is 4.23. The van der Waals surface area contributed by atoms with Crippen molar-refractivity contribution in [3.8, 4) is 12.3 Å². The number of nitrogens with zero attached hydrogens (tertiary/aromatic N) is 1. The summed E-state index contributed by atoms with van der Waals surface area (Å²) in [4.78, 5) is 0. The molecule has 100 valence electrons. The first-order valence-corrected chi connectivity index (χ1v) is 7.53. The Bertz CT molecular complexity index is 180. The maximum atomic E-state index is 5.46. The van der Waals surface area contributed by atoms with Gasteiger partial charge in [-0.2, -0.15) is 0 Å². The molecule has 0 amide bonds. The van der Waals surface area contributed by atoms with E-state index >= 15 is 0 Å². The number of hydrogen-bond donors (Lipinski definition) is 0. The summed E-state index contributed by atoms with van der Waals surface area (Å²) >= 11 is 0. The Kier molecular flexibility index (Phi) is 10.4. The summed E-state index contributed by atoms with van der Waals surface area (Å²) in [6, 6.07) is 0. The molecule has 0 fully saturated rings. The fourth-order valence-corrected chi connectivity index (χ4v) is 2.45. The van der Waals surface area contributed by atoms with Crippen molar-refractivity contribution >= 4 is 0 Å². The van der Waals surface area contributed by atoms with Crippen LogP contribution in [0, 0.1) is 12.3 Å². The minimum atomic E-state index is 0.942. The zero-order valence-electron chi connectivity index (χ0n) is 12.3. The van der Waals surface area contributed by atoms with E-state index in [1.54, 1.807) is 0 Å². The molecule has 0 saturated heterocycles. The molecular weight excluding hydrogens is 206 g/mol. The van der Waals surface area contributed by atoms with Gasteiger partial charge in [0, 0.05) is 0 Å². The Balaban J connectivity index is 4.46. The van der Waals surface area contributed by atoms with E-state index in [0.29, 0.717) is 0 Å². The van der Waals surface area contributed by atoms with Gasteiger partial charge in [-0.3, -0.25) is 0 Å². The summed E-state index contributed by atoms with van der Waals surface area (Å²) in [5, 5.41) is 0. The van der Waals surface area contributed by atoms with Gasteiger partial charge in [-0.1, -0.05) is 40.0 Å². The van der Waals surface area contributed by atoms with Crippen LogP contribution in [0.15, 0.2) is 0 Å². The van der Waals surface area contributed by atoms with Crippen LogP contribution >= 0.6 is 0 Å². The summed E-state index contributed by atoms with van der Waals surface area (Å²) < 4.78 is 1.28. The number of terminal acetylenes is 1. The smallest absolute Gasteiger partial charge is 0.0897 e. The highest BCUT2D eigenvalue weighted by Crippen LogP contribution is 2.15. The second kappa shape index (κ2) is 10.7. The van der Waals surface area contributed by atoms with Crippen molar-refractivity contribution in [2.75, 3.05) is 26.2 Å². The number of hydrogen-bond acceptors (Lipinski definition) is 0. The van der Waals surface area contributed by atoms with Crippen molar-refractivity contribution in [1.29, 1.82) is 0 Å². The van der Waals surface area contributed by atoms with Crippen LogP contribution in [0.4, 0.5) is 0 Å². The van der Waals surface area contributed by atoms with E-state index < -0.39 is 0 Å². The normalized spacial score (nSPS) is 11.4. The molecule has 0 rings (SSSR count). The highest BCUT2D eigenvalue weighted by molar-refractivity contribution is 4.83. The molecule has 0 aliphatic carbocycles. The fraction of sp³-hybridized carbons (Fsp3) is 0.875. The monoisotopic (exact) mass is 238 g/mol. The van der Waals surface area contributed by atoms with E-state index in [1.165, 1.54) is 69.2 Å². The van der Waals surface area contributed by atoms with E-state index in [2.05, 4.69) is 26.7 Å². The van der Waals surface area contributed by atoms with Crippen molar-refractivity contribution in [3.63, 3.8) is 0 Å². The standard InChI is InChI=1S/C16H32N/c1-5-9-13-17(14-10-6-2,15-11-7-3)16-12-8-4/h1H,6-16H2,2-4H3/q+1. The van der Waals surface area contributed by atoms with Crippen molar-refractivity contribution in [3.05, 3.63) is 0 Å². The second-order valence-corrected chi connectivity index (χ2v) is 5.25. The van der Waals surface area contributed by atoms with Crippen LogP contribution in [0.2, 0.25) is 0 Å². The zero-order valence-corrected chi connectivity index (χ0v) is 12.3. The summed E-state index contributed by atoms with van der Waals surface area (Å²) in [5.74, 6) is 2.84. The lowest BCUT2D eigenvalue weighted by molar-refractivity contribution is -0.928. The van der Waals surface area contributed by atoms with Gasteiger partial charge in [-0.25, -0.2) is 0 Å². The molecule has 0 heterocycles. The van der Waals surface area contributed by atoms with Crippen LogP contribution in [-0.2, 0) is 0 Å². The Hall–Kier alpha value is -0.480. The first-order chi connectivity index (χ1) is 8.24. The molecule has 0 aliphatic rings. The van der Waals surface area contributed by atoms with Crippen LogP contribution in [0.25, 0.3) is 0 Å². The van der Waals surface area contributed by atoms with Crippen molar-refractivity contribution in [2.45, 2.75) is 65.7 Å². The number of rotatable bonds is 11. The van der Waals surface area contributed by atoms with E-state index in [1.807, 2.05) is 0 Å². The average Bonchev–Trinajstić information content (AvgIpc) is 2.37. The molecule has 0 aromatic carbocycles. The molecule has 0 spiro atoms. The maximum absolute atomic E-state index is 5.46. The largest absolute Gasteiger partial charge is 0.323 e. The van der Waals surface area contributed by atoms with Gasteiger partial charge in [-0.15, -0.1) is 12.3 Å². The quantitative estimate of drug-likeness (QED) is 0.373. The van der Waals surface area contributed by atoms with E-state index in [0.717, 1.165) is 6.42 Å². The molecular formula is C16H32N+. The lowest BCUT2D eigenvalue weighted by atomic mass is 10.1. The molecule has 0 N–H and O–H groups in total. The third-order valence-electron chi connectivity index (χ3n) is 3.69. The Labute approximate surface area is 109 Å². The molecule has 0 aliphatic heterocycles. The third-order valence-corrected chi connectivity index (χ3v) is 3.69. The van der Waals surface area contributed by atoms with Gasteiger partial charge in [0.15, 0.2) is 0 Å². The van der Waals surface area contributed by atoms with Crippen LogP contribution < -0.4 is 0 Å².